The smallest absolute Gasteiger partial charge is 0.331 e. The number of benzene rings is 3. The average molecular weight is 869 g/mol. The van der Waals surface area contributed by atoms with Crippen molar-refractivity contribution in [3.63, 3.8) is 0 Å². The van der Waals surface area contributed by atoms with Crippen molar-refractivity contribution in [3.8, 4) is 46.3 Å². The van der Waals surface area contributed by atoms with Crippen molar-refractivity contribution in [3.05, 3.63) is 62.7 Å². The molecular weight excluding hydrogens is 821 g/mol. The molecule has 1 N–H and O–H groups in total. The summed E-state index contributed by atoms with van der Waals surface area (Å²) in [6, 6.07) is 6.13. The third kappa shape index (κ3) is 5.90. The minimum absolute atomic E-state index is 0.000519. The zero-order valence-electron chi connectivity index (χ0n) is 35.8. The van der Waals surface area contributed by atoms with Gasteiger partial charge >= 0.3 is 23.9 Å². The highest BCUT2D eigenvalue weighted by Crippen LogP contribution is 2.68. The van der Waals surface area contributed by atoms with Crippen LogP contribution < -0.4 is 38.5 Å². The number of thiol groups is 1. The number of rotatable bonds is 9. The van der Waals surface area contributed by atoms with Gasteiger partial charge in [0, 0.05) is 86.3 Å². The lowest BCUT2D eigenvalue weighted by atomic mass is 9.70. The lowest BCUT2D eigenvalue weighted by Crippen LogP contribution is -2.66. The molecule has 17 heteroatoms. The molecule has 6 heterocycles. The van der Waals surface area contributed by atoms with E-state index >= 15 is 0 Å². The van der Waals surface area contributed by atoms with Gasteiger partial charge in [0.15, 0.2) is 40.0 Å². The number of nitriles is 1. The number of hydrogen-bond donors (Lipinski definition) is 2. The number of esters is 4. The number of carbonyl (C=O) groups excluding carboxylic acids is 4. The number of hydrogen-bond acceptors (Lipinski definition) is 17. The van der Waals surface area contributed by atoms with E-state index < -0.39 is 59.0 Å². The second kappa shape index (κ2) is 15.1. The van der Waals surface area contributed by atoms with Crippen molar-refractivity contribution in [2.45, 2.75) is 95.5 Å². The van der Waals surface area contributed by atoms with E-state index in [0.29, 0.717) is 76.9 Å². The van der Waals surface area contributed by atoms with E-state index in [2.05, 4.69) is 27.3 Å². The number of methoxy groups -OCH3 is 2. The van der Waals surface area contributed by atoms with Crippen molar-refractivity contribution < 1.29 is 57.1 Å². The first-order valence-corrected chi connectivity index (χ1v) is 21.2. The molecular formula is C45H48N4O12S. The molecule has 6 aliphatic rings. The number of fused-ring (bicyclic) bond motifs is 11. The first-order chi connectivity index (χ1) is 29.6. The first kappa shape index (κ1) is 41.8. The summed E-state index contributed by atoms with van der Waals surface area (Å²) in [6.45, 7) is 10.1. The van der Waals surface area contributed by atoms with Gasteiger partial charge < -0.3 is 37.9 Å². The topological polar surface area (TPSA) is 184 Å². The predicted octanol–water partition coefficient (Wildman–Crippen LogP) is 4.95. The largest absolute Gasteiger partial charge is 0.493 e. The molecule has 16 nitrogen and oxygen atoms in total. The van der Waals surface area contributed by atoms with Gasteiger partial charge in [-0.25, -0.2) is 4.79 Å². The average Bonchev–Trinajstić information content (AvgIpc) is 3.93. The Morgan fingerprint density at radius 3 is 2.29 bits per heavy atom. The summed E-state index contributed by atoms with van der Waals surface area (Å²) in [5.74, 6) is -0.272. The fourth-order valence-electron chi connectivity index (χ4n) is 11.3. The Hall–Kier alpha value is -5.54. The molecule has 0 saturated carbocycles. The number of nitrogens with zero attached hydrogens (tertiary/aromatic N) is 3. The first-order valence-electron chi connectivity index (χ1n) is 20.6. The van der Waals surface area contributed by atoms with Crippen LogP contribution in [-0.4, -0.2) is 91.7 Å². The zero-order valence-corrected chi connectivity index (χ0v) is 36.7. The lowest BCUT2D eigenvalue weighted by molar-refractivity contribution is -0.157. The Kier molecular flexibility index (Phi) is 10.2. The summed E-state index contributed by atoms with van der Waals surface area (Å²) < 4.78 is 47.9. The molecule has 0 spiro atoms. The van der Waals surface area contributed by atoms with Gasteiger partial charge in [-0.1, -0.05) is 13.0 Å². The maximum Gasteiger partial charge on any atom is 0.331 e. The van der Waals surface area contributed by atoms with Crippen LogP contribution in [-0.2, 0) is 35.9 Å². The molecule has 326 valence electrons. The number of piperazine rings is 1. The van der Waals surface area contributed by atoms with E-state index in [4.69, 9.17) is 50.5 Å². The summed E-state index contributed by atoms with van der Waals surface area (Å²) in [7, 11) is 2.99. The normalized spacial score (nSPS) is 27.2. The highest BCUT2D eigenvalue weighted by Gasteiger charge is 2.68. The zero-order chi connectivity index (χ0) is 44.2. The van der Waals surface area contributed by atoms with Crippen LogP contribution in [0.4, 0.5) is 0 Å². The highest BCUT2D eigenvalue weighted by atomic mass is 32.1. The van der Waals surface area contributed by atoms with Crippen molar-refractivity contribution in [1.29, 1.82) is 5.26 Å². The molecule has 0 radical (unpaired) electrons. The van der Waals surface area contributed by atoms with Gasteiger partial charge in [0.25, 0.3) is 0 Å². The van der Waals surface area contributed by atoms with E-state index in [1.165, 1.54) is 27.9 Å². The van der Waals surface area contributed by atoms with Crippen molar-refractivity contribution in [2.75, 3.05) is 46.5 Å². The van der Waals surface area contributed by atoms with Gasteiger partial charge in [-0.2, -0.15) is 17.9 Å². The van der Waals surface area contributed by atoms with Crippen molar-refractivity contribution in [2.24, 2.45) is 0 Å². The fraction of sp³-hybridized carbons (Fsp3) is 0.489. The van der Waals surface area contributed by atoms with Crippen LogP contribution in [0.15, 0.2) is 18.2 Å². The summed E-state index contributed by atoms with van der Waals surface area (Å²) in [4.78, 5) is 57.1. The summed E-state index contributed by atoms with van der Waals surface area (Å²) >= 11 is 4.72. The van der Waals surface area contributed by atoms with Crippen LogP contribution in [0.2, 0.25) is 0 Å². The van der Waals surface area contributed by atoms with Gasteiger partial charge in [0.05, 0.1) is 32.4 Å². The maximum absolute atomic E-state index is 15.0. The summed E-state index contributed by atoms with van der Waals surface area (Å²) in [6.07, 6.45) is 0.913. The van der Waals surface area contributed by atoms with Crippen LogP contribution in [0.3, 0.4) is 0 Å². The fourth-order valence-corrected chi connectivity index (χ4v) is 11.7. The van der Waals surface area contributed by atoms with Crippen molar-refractivity contribution >= 4 is 36.5 Å². The molecule has 2 fully saturated rings. The van der Waals surface area contributed by atoms with Gasteiger partial charge in [-0.3, -0.25) is 29.5 Å². The van der Waals surface area contributed by atoms with Crippen LogP contribution in [0.25, 0.3) is 0 Å². The van der Waals surface area contributed by atoms with Crippen LogP contribution in [0, 0.1) is 25.2 Å². The molecule has 3 aromatic carbocycles. The SMILES string of the molecule is COc1cc2c(cc1OC(C)=O)CCN[C@@]2(CS)C(=O)OC[C@H]1c2c3c(c(C)c(OC(C)=O)c2[C@@H](C)C2[C@H]4c5c(cc(C)c(OC)c5OC(C)=O)C5C[C@](C#N)(CN54)N21)OCO3. The highest BCUT2D eigenvalue weighted by molar-refractivity contribution is 7.80. The molecule has 0 amide bonds. The molecule has 7 atom stereocenters. The minimum Gasteiger partial charge on any atom is -0.493 e. The lowest BCUT2D eigenvalue weighted by Gasteiger charge is -2.58. The second-order valence-electron chi connectivity index (χ2n) is 16.9. The Bertz CT molecular complexity index is 2520. The monoisotopic (exact) mass is 868 g/mol. The van der Waals surface area contributed by atoms with Gasteiger partial charge in [-0.15, -0.1) is 0 Å². The second-order valence-corrected chi connectivity index (χ2v) is 17.2. The maximum atomic E-state index is 15.0. The minimum atomic E-state index is -1.45. The molecule has 2 saturated heterocycles. The standard InChI is InChI=1S/C45H48N4O12S/c1-20-11-27-29-14-44(16-46)17-48(29)37(34(27)42(38(20)55-8)61-25(6)52)36-21(2)33-35(41-40(57-19-58-41)22(3)39(33)60-24(5)51)30(49(36)44)15-56-43(53)45(18-62)28-13-31(54-7)32(59-23(4)50)12-26(28)9-10-47-45/h11-13,21,29-30,36-37,47,62H,9-10,14-15,17-19H2,1-8H3/t21-,29?,30+,36?,37-,44+,45-/m1/s1. The molecule has 0 aromatic heterocycles. The van der Waals surface area contributed by atoms with Gasteiger partial charge in [-0.05, 0) is 54.7 Å². The molecule has 2 unspecified atom stereocenters. The third-order valence-corrected chi connectivity index (χ3v) is 14.0. The molecule has 2 bridgehead atoms. The molecule has 3 aromatic rings. The number of nitrogens with one attached hydrogen (secondary N) is 1. The van der Waals surface area contributed by atoms with E-state index in [0.717, 1.165) is 22.3 Å². The van der Waals surface area contributed by atoms with Crippen molar-refractivity contribution in [1.82, 2.24) is 15.1 Å². The van der Waals surface area contributed by atoms with Crippen LogP contribution in [0.1, 0.15) is 103 Å². The Morgan fingerprint density at radius 1 is 0.919 bits per heavy atom. The Morgan fingerprint density at radius 2 is 1.63 bits per heavy atom. The summed E-state index contributed by atoms with van der Waals surface area (Å²) in [5.41, 5.74) is 3.11. The van der Waals surface area contributed by atoms with Crippen LogP contribution >= 0.6 is 12.6 Å². The number of aryl methyl sites for hydroxylation is 1. The van der Waals surface area contributed by atoms with Gasteiger partial charge in [0.1, 0.15) is 17.9 Å². The third-order valence-electron chi connectivity index (χ3n) is 13.5. The Balaban J connectivity index is 1.23. The molecule has 62 heavy (non-hydrogen) atoms. The molecule has 9 rings (SSSR count). The van der Waals surface area contributed by atoms with Crippen LogP contribution in [0.5, 0.6) is 40.2 Å². The Labute approximate surface area is 364 Å². The van der Waals surface area contributed by atoms with E-state index in [1.54, 1.807) is 19.2 Å². The number of carbonyl (C=O) groups is 4. The number of ether oxygens (including phenoxy) is 8. The van der Waals surface area contributed by atoms with E-state index in [-0.39, 0.29) is 36.7 Å². The summed E-state index contributed by atoms with van der Waals surface area (Å²) in [5, 5.41) is 14.8. The van der Waals surface area contributed by atoms with Gasteiger partial charge in [0.2, 0.25) is 6.79 Å². The molecule has 0 aliphatic carbocycles. The van der Waals surface area contributed by atoms with E-state index in [9.17, 15) is 24.4 Å². The molecule has 6 aliphatic heterocycles. The predicted molar refractivity (Wildman–Crippen MR) is 222 cm³/mol. The quantitative estimate of drug-likeness (QED) is 0.167. The van der Waals surface area contributed by atoms with E-state index in [1.807, 2.05) is 20.8 Å².